The number of halogens is 1. The molecule has 0 atom stereocenters. The molecule has 156 valence electrons. The van der Waals surface area contributed by atoms with Gasteiger partial charge in [-0.2, -0.15) is 13.9 Å². The van der Waals surface area contributed by atoms with Crippen LogP contribution in [0.1, 0.15) is 31.9 Å². The molecule has 5 rings (SSSR count). The summed E-state index contributed by atoms with van der Waals surface area (Å²) in [5.41, 5.74) is 6.95. The number of nitrogens with zero attached hydrogens (tertiary/aromatic N) is 2. The van der Waals surface area contributed by atoms with Crippen molar-refractivity contribution in [1.29, 1.82) is 0 Å². The molecule has 2 aromatic carbocycles. The first-order chi connectivity index (χ1) is 14.7. The van der Waals surface area contributed by atoms with Crippen LogP contribution < -0.4 is 4.57 Å². The molecule has 0 amide bonds. The zero-order valence-electron chi connectivity index (χ0n) is 18.6. The van der Waals surface area contributed by atoms with E-state index in [1.54, 1.807) is 6.07 Å². The van der Waals surface area contributed by atoms with Gasteiger partial charge in [0.25, 0.3) is 0 Å². The fourth-order valence-electron chi connectivity index (χ4n) is 4.58. The average Bonchev–Trinajstić information content (AvgIpc) is 3.07. The number of hydrogen-bond acceptors (Lipinski definition) is 2. The smallest absolute Gasteiger partial charge is 0.229 e. The molecule has 4 heteroatoms. The Bertz CT molecular complexity index is 1470. The lowest BCUT2D eigenvalue weighted by Crippen LogP contribution is -2.33. The van der Waals surface area contributed by atoms with Crippen LogP contribution >= 0.6 is 0 Å². The van der Waals surface area contributed by atoms with E-state index in [9.17, 15) is 4.39 Å². The average molecular weight is 414 g/mol. The van der Waals surface area contributed by atoms with Gasteiger partial charge < -0.3 is 4.42 Å². The van der Waals surface area contributed by atoms with Crippen molar-refractivity contribution < 1.29 is 13.4 Å². The van der Waals surface area contributed by atoms with Crippen LogP contribution in [0.5, 0.6) is 0 Å². The van der Waals surface area contributed by atoms with Gasteiger partial charge >= 0.3 is 0 Å². The summed E-state index contributed by atoms with van der Waals surface area (Å²) in [5, 5.41) is 3.05. The monoisotopic (exact) mass is 413 g/mol. The van der Waals surface area contributed by atoms with E-state index in [1.807, 2.05) is 6.07 Å². The van der Waals surface area contributed by atoms with Crippen molar-refractivity contribution in [3.63, 3.8) is 0 Å². The molecule has 0 aliphatic heterocycles. The molecular weight excluding hydrogens is 387 g/mol. The van der Waals surface area contributed by atoms with Crippen molar-refractivity contribution in [3.05, 3.63) is 71.7 Å². The van der Waals surface area contributed by atoms with Crippen LogP contribution in [0.25, 0.3) is 44.2 Å². The molecule has 0 saturated carbocycles. The van der Waals surface area contributed by atoms with Gasteiger partial charge in [-0.15, -0.1) is 0 Å². The maximum atomic E-state index is 13.7. The van der Waals surface area contributed by atoms with Crippen LogP contribution in [0.3, 0.4) is 0 Å². The summed E-state index contributed by atoms with van der Waals surface area (Å²) in [6.45, 7) is 8.88. The molecule has 31 heavy (non-hydrogen) atoms. The fourth-order valence-corrected chi connectivity index (χ4v) is 4.58. The minimum absolute atomic E-state index is 0.155. The van der Waals surface area contributed by atoms with E-state index in [4.69, 9.17) is 4.42 Å². The molecule has 0 aliphatic rings. The Balaban J connectivity index is 1.88. The van der Waals surface area contributed by atoms with Gasteiger partial charge in [0.15, 0.2) is 5.58 Å². The van der Waals surface area contributed by atoms with Crippen molar-refractivity contribution in [2.45, 2.75) is 34.1 Å². The normalized spacial score (nSPS) is 12.3. The SMILES string of the molecule is Cc1ccc2c(oc3nc(F)ccc32)c1-c1cc(CC(C)(C)C)c2ccccc2[n+]1C. The third-order valence-electron chi connectivity index (χ3n) is 5.94. The molecule has 5 aromatic rings. The van der Waals surface area contributed by atoms with E-state index in [1.165, 1.54) is 22.5 Å². The van der Waals surface area contributed by atoms with Crippen LogP contribution in [0.2, 0.25) is 0 Å². The predicted octanol–water partition coefficient (Wildman–Crippen LogP) is 6.66. The van der Waals surface area contributed by atoms with E-state index in [0.717, 1.165) is 39.6 Å². The van der Waals surface area contributed by atoms with Gasteiger partial charge in [0, 0.05) is 28.3 Å². The van der Waals surface area contributed by atoms with Gasteiger partial charge in [0.2, 0.25) is 22.9 Å². The van der Waals surface area contributed by atoms with E-state index in [-0.39, 0.29) is 5.41 Å². The van der Waals surface area contributed by atoms with E-state index in [0.29, 0.717) is 5.71 Å². The van der Waals surface area contributed by atoms with Crippen molar-refractivity contribution in [2.24, 2.45) is 12.5 Å². The van der Waals surface area contributed by atoms with Crippen molar-refractivity contribution in [3.8, 4) is 11.3 Å². The molecule has 3 heterocycles. The topological polar surface area (TPSA) is 29.9 Å². The highest BCUT2D eigenvalue weighted by molar-refractivity contribution is 6.08. The van der Waals surface area contributed by atoms with Gasteiger partial charge in [-0.1, -0.05) is 45.0 Å². The maximum Gasteiger partial charge on any atom is 0.229 e. The quantitative estimate of drug-likeness (QED) is 0.239. The molecule has 0 bridgehead atoms. The highest BCUT2D eigenvalue weighted by Crippen LogP contribution is 2.38. The van der Waals surface area contributed by atoms with Crippen LogP contribution in [0.15, 0.2) is 59.0 Å². The lowest BCUT2D eigenvalue weighted by atomic mass is 9.86. The Morgan fingerprint density at radius 1 is 0.968 bits per heavy atom. The molecule has 0 radical (unpaired) electrons. The number of fused-ring (bicyclic) bond motifs is 4. The highest BCUT2D eigenvalue weighted by atomic mass is 19.1. The summed E-state index contributed by atoms with van der Waals surface area (Å²) >= 11 is 0. The first-order valence-electron chi connectivity index (χ1n) is 10.6. The van der Waals surface area contributed by atoms with Crippen molar-refractivity contribution in [1.82, 2.24) is 4.98 Å². The Hall–Kier alpha value is -3.27. The van der Waals surface area contributed by atoms with Crippen LogP contribution in [0.4, 0.5) is 4.39 Å². The second-order valence-corrected chi connectivity index (χ2v) is 9.59. The second kappa shape index (κ2) is 6.88. The highest BCUT2D eigenvalue weighted by Gasteiger charge is 2.25. The van der Waals surface area contributed by atoms with Crippen LogP contribution in [-0.4, -0.2) is 4.98 Å². The molecule has 0 fully saturated rings. The zero-order valence-corrected chi connectivity index (χ0v) is 18.6. The van der Waals surface area contributed by atoms with E-state index in [2.05, 4.69) is 80.7 Å². The Morgan fingerprint density at radius 3 is 2.48 bits per heavy atom. The predicted molar refractivity (Wildman–Crippen MR) is 123 cm³/mol. The summed E-state index contributed by atoms with van der Waals surface area (Å²) in [6, 6.07) is 18.1. The van der Waals surface area contributed by atoms with Gasteiger partial charge in [-0.3, -0.25) is 0 Å². The molecule has 0 unspecified atom stereocenters. The van der Waals surface area contributed by atoms with Crippen LogP contribution in [-0.2, 0) is 13.5 Å². The Morgan fingerprint density at radius 2 is 1.71 bits per heavy atom. The minimum atomic E-state index is -0.534. The van der Waals surface area contributed by atoms with Gasteiger partial charge in [-0.25, -0.2) is 0 Å². The second-order valence-electron chi connectivity index (χ2n) is 9.59. The zero-order chi connectivity index (χ0) is 21.9. The minimum Gasteiger partial charge on any atom is -0.437 e. The summed E-state index contributed by atoms with van der Waals surface area (Å²) in [4.78, 5) is 3.98. The molecule has 0 saturated heterocycles. The number of benzene rings is 2. The first kappa shape index (κ1) is 19.7. The largest absolute Gasteiger partial charge is 0.437 e. The third kappa shape index (κ3) is 3.27. The Kier molecular flexibility index (Phi) is 4.37. The van der Waals surface area contributed by atoms with Gasteiger partial charge in [0.05, 0.1) is 5.56 Å². The number of para-hydroxylation sites is 1. The fraction of sp³-hybridized carbons (Fsp3) is 0.259. The number of furan rings is 1. The standard InChI is InChI=1S/C27H26FN2O/c1-16-10-11-19-20-12-13-23(28)29-26(20)31-25(19)24(16)22-14-17(15-27(2,3)4)18-8-6-7-9-21(18)30(22)5/h6-14H,15H2,1-5H3/q+1. The summed E-state index contributed by atoms with van der Waals surface area (Å²) in [6.07, 6.45) is 0.962. The van der Waals surface area contributed by atoms with Gasteiger partial charge in [-0.05, 0) is 48.1 Å². The first-order valence-corrected chi connectivity index (χ1v) is 10.6. The summed E-state index contributed by atoms with van der Waals surface area (Å²) < 4.78 is 22.1. The molecule has 3 aromatic heterocycles. The summed E-state index contributed by atoms with van der Waals surface area (Å²) in [7, 11) is 2.09. The lowest BCUT2D eigenvalue weighted by molar-refractivity contribution is -0.633. The Labute approximate surface area is 181 Å². The van der Waals surface area contributed by atoms with Gasteiger partial charge in [0.1, 0.15) is 7.05 Å². The van der Waals surface area contributed by atoms with Crippen molar-refractivity contribution >= 4 is 33.0 Å². The van der Waals surface area contributed by atoms with E-state index < -0.39 is 5.95 Å². The van der Waals surface area contributed by atoms with Crippen LogP contribution in [0, 0.1) is 18.3 Å². The number of pyridine rings is 2. The molecular formula is C27H26FN2O+. The molecule has 3 nitrogen and oxygen atoms in total. The lowest BCUT2D eigenvalue weighted by Gasteiger charge is -2.20. The molecule has 0 N–H and O–H groups in total. The number of aryl methyl sites for hydroxylation is 2. The summed E-state index contributed by atoms with van der Waals surface area (Å²) in [5.74, 6) is -0.534. The number of rotatable bonds is 2. The van der Waals surface area contributed by atoms with E-state index >= 15 is 0 Å². The third-order valence-corrected chi connectivity index (χ3v) is 5.94. The van der Waals surface area contributed by atoms with Crippen molar-refractivity contribution in [2.75, 3.05) is 0 Å². The molecule has 0 aliphatic carbocycles. The maximum absolute atomic E-state index is 13.7. The number of hydrogen-bond donors (Lipinski definition) is 0. The molecule has 0 spiro atoms. The number of aromatic nitrogens is 2.